The van der Waals surface area contributed by atoms with E-state index < -0.39 is 0 Å². The molecule has 24 heavy (non-hydrogen) atoms. The van der Waals surface area contributed by atoms with Crippen molar-refractivity contribution in [2.24, 2.45) is 12.8 Å². The van der Waals surface area contributed by atoms with E-state index in [0.717, 1.165) is 17.7 Å². The van der Waals surface area contributed by atoms with Gasteiger partial charge in [-0.05, 0) is 36.0 Å². The number of aromatic nitrogens is 2. The summed E-state index contributed by atoms with van der Waals surface area (Å²) < 4.78 is 1.93. The second-order valence-electron chi connectivity index (χ2n) is 7.17. The number of benzene rings is 1. The van der Waals surface area contributed by atoms with Gasteiger partial charge in [-0.3, -0.25) is 4.79 Å². The second kappa shape index (κ2) is 6.06. The van der Waals surface area contributed by atoms with Crippen LogP contribution in [0, 0.1) is 0 Å². The van der Waals surface area contributed by atoms with Crippen molar-refractivity contribution in [3.8, 4) is 0 Å². The van der Waals surface area contributed by atoms with E-state index in [1.807, 2.05) is 22.7 Å². The average molecular weight is 324 g/mol. The molecule has 1 amide bonds. The molecule has 2 aliphatic rings. The highest BCUT2D eigenvalue weighted by molar-refractivity contribution is 5.79. The zero-order valence-electron chi connectivity index (χ0n) is 14.1. The first-order chi connectivity index (χ1) is 11.6. The van der Waals surface area contributed by atoms with Gasteiger partial charge < -0.3 is 15.2 Å². The third-order valence-corrected chi connectivity index (χ3v) is 5.34. The monoisotopic (exact) mass is 324 g/mol. The van der Waals surface area contributed by atoms with Crippen molar-refractivity contribution in [1.82, 2.24) is 14.5 Å². The zero-order valence-corrected chi connectivity index (χ0v) is 14.1. The summed E-state index contributed by atoms with van der Waals surface area (Å²) in [6.07, 6.45) is 7.81. The van der Waals surface area contributed by atoms with E-state index in [1.54, 1.807) is 6.33 Å². The van der Waals surface area contributed by atoms with Gasteiger partial charge in [0.25, 0.3) is 0 Å². The number of nitrogens with two attached hydrogens (primary N) is 1. The van der Waals surface area contributed by atoms with Crippen LogP contribution in [0.3, 0.4) is 0 Å². The van der Waals surface area contributed by atoms with Gasteiger partial charge in [0.1, 0.15) is 0 Å². The number of imidazole rings is 1. The van der Waals surface area contributed by atoms with Crippen LogP contribution in [0.5, 0.6) is 0 Å². The lowest BCUT2D eigenvalue weighted by atomic mass is 10.0. The van der Waals surface area contributed by atoms with Crippen molar-refractivity contribution in [1.29, 1.82) is 0 Å². The first-order valence-electron chi connectivity index (χ1n) is 8.72. The van der Waals surface area contributed by atoms with Gasteiger partial charge in [0, 0.05) is 38.3 Å². The number of carbonyl (C=O) groups is 1. The van der Waals surface area contributed by atoms with Crippen LogP contribution in [-0.2, 0) is 31.1 Å². The molecule has 0 unspecified atom stereocenters. The SMILES string of the molecule is Cn1cnc([C@@H]2CN(C(=O)Cc3ccc4c(c3)CCC4)C[C@H]2N)c1. The zero-order chi connectivity index (χ0) is 16.7. The fraction of sp³-hybridized carbons (Fsp3) is 0.474. The summed E-state index contributed by atoms with van der Waals surface area (Å²) in [5, 5.41) is 0. The number of fused-ring (bicyclic) bond motifs is 1. The topological polar surface area (TPSA) is 64.2 Å². The number of carbonyl (C=O) groups excluding carboxylic acids is 1. The highest BCUT2D eigenvalue weighted by Crippen LogP contribution is 2.27. The maximum absolute atomic E-state index is 12.7. The predicted molar refractivity (Wildman–Crippen MR) is 92.7 cm³/mol. The molecule has 1 aliphatic carbocycles. The maximum Gasteiger partial charge on any atom is 0.227 e. The van der Waals surface area contributed by atoms with Gasteiger partial charge in [-0.1, -0.05) is 18.2 Å². The summed E-state index contributed by atoms with van der Waals surface area (Å²) in [5.74, 6) is 0.303. The van der Waals surface area contributed by atoms with Crippen LogP contribution >= 0.6 is 0 Å². The molecule has 4 rings (SSSR count). The van der Waals surface area contributed by atoms with Crippen LogP contribution in [0.25, 0.3) is 0 Å². The maximum atomic E-state index is 12.7. The fourth-order valence-corrected chi connectivity index (χ4v) is 3.99. The Kier molecular flexibility index (Phi) is 3.88. The largest absolute Gasteiger partial charge is 0.340 e. The first-order valence-corrected chi connectivity index (χ1v) is 8.72. The van der Waals surface area contributed by atoms with E-state index in [-0.39, 0.29) is 17.9 Å². The number of hydrogen-bond acceptors (Lipinski definition) is 3. The van der Waals surface area contributed by atoms with Gasteiger partial charge >= 0.3 is 0 Å². The molecule has 2 atom stereocenters. The minimum Gasteiger partial charge on any atom is -0.340 e. The Morgan fingerprint density at radius 1 is 1.29 bits per heavy atom. The molecule has 126 valence electrons. The lowest BCUT2D eigenvalue weighted by Crippen LogP contribution is -2.33. The highest BCUT2D eigenvalue weighted by Gasteiger charge is 2.35. The van der Waals surface area contributed by atoms with Gasteiger partial charge in [-0.2, -0.15) is 0 Å². The van der Waals surface area contributed by atoms with E-state index in [2.05, 4.69) is 23.2 Å². The number of aryl methyl sites for hydroxylation is 3. The molecular weight excluding hydrogens is 300 g/mol. The molecule has 2 heterocycles. The third kappa shape index (κ3) is 2.84. The van der Waals surface area contributed by atoms with E-state index >= 15 is 0 Å². The Balaban J connectivity index is 1.43. The van der Waals surface area contributed by atoms with Crippen LogP contribution in [0.4, 0.5) is 0 Å². The first kappa shape index (κ1) is 15.4. The minimum absolute atomic E-state index is 0.0381. The number of hydrogen-bond donors (Lipinski definition) is 1. The van der Waals surface area contributed by atoms with Crippen molar-refractivity contribution >= 4 is 5.91 Å². The van der Waals surface area contributed by atoms with Crippen molar-refractivity contribution in [3.63, 3.8) is 0 Å². The summed E-state index contributed by atoms with van der Waals surface area (Å²) in [7, 11) is 1.95. The van der Waals surface area contributed by atoms with Gasteiger partial charge in [-0.25, -0.2) is 4.98 Å². The van der Waals surface area contributed by atoms with Crippen molar-refractivity contribution in [2.75, 3.05) is 13.1 Å². The molecule has 0 radical (unpaired) electrons. The summed E-state index contributed by atoms with van der Waals surface area (Å²) in [6.45, 7) is 1.28. The molecule has 5 nitrogen and oxygen atoms in total. The lowest BCUT2D eigenvalue weighted by molar-refractivity contribution is -0.129. The summed E-state index contributed by atoms with van der Waals surface area (Å²) >= 11 is 0. The molecule has 0 spiro atoms. The number of amides is 1. The molecule has 1 aromatic carbocycles. The average Bonchev–Trinajstić information content (AvgIpc) is 3.26. The lowest BCUT2D eigenvalue weighted by Gasteiger charge is -2.16. The Bertz CT molecular complexity index is 766. The second-order valence-corrected chi connectivity index (χ2v) is 7.17. The molecular formula is C19H24N4O. The van der Waals surface area contributed by atoms with Gasteiger partial charge in [0.15, 0.2) is 0 Å². The molecule has 2 aromatic rings. The predicted octanol–water partition coefficient (Wildman–Crippen LogP) is 1.40. The van der Waals surface area contributed by atoms with E-state index in [1.165, 1.54) is 24.0 Å². The standard InChI is InChI=1S/C19H24N4O/c1-22-11-18(21-12-22)16-9-23(10-17(16)20)19(24)8-13-5-6-14-3-2-4-15(14)7-13/h5-7,11-12,16-17H,2-4,8-10,20H2,1H3/t16-,17-/m1/s1. The van der Waals surface area contributed by atoms with E-state index in [9.17, 15) is 4.79 Å². The molecule has 0 saturated carbocycles. The fourth-order valence-electron chi connectivity index (χ4n) is 3.99. The normalized spacial score (nSPS) is 22.8. The van der Waals surface area contributed by atoms with Crippen molar-refractivity contribution in [3.05, 3.63) is 53.1 Å². The molecule has 1 fully saturated rings. The number of likely N-dealkylation sites (tertiary alicyclic amines) is 1. The van der Waals surface area contributed by atoms with Gasteiger partial charge in [0.2, 0.25) is 5.91 Å². The smallest absolute Gasteiger partial charge is 0.227 e. The molecule has 5 heteroatoms. The van der Waals surface area contributed by atoms with Gasteiger partial charge in [0.05, 0.1) is 18.4 Å². The third-order valence-electron chi connectivity index (χ3n) is 5.34. The number of rotatable bonds is 3. The van der Waals surface area contributed by atoms with Crippen LogP contribution in [0.2, 0.25) is 0 Å². The van der Waals surface area contributed by atoms with E-state index in [4.69, 9.17) is 5.73 Å². The Hall–Kier alpha value is -2.14. The number of nitrogens with zero attached hydrogens (tertiary/aromatic N) is 3. The molecule has 1 aromatic heterocycles. The summed E-state index contributed by atoms with van der Waals surface area (Å²) in [4.78, 5) is 19.0. The summed E-state index contributed by atoms with van der Waals surface area (Å²) in [6, 6.07) is 6.47. The van der Waals surface area contributed by atoms with Crippen molar-refractivity contribution in [2.45, 2.75) is 37.6 Å². The summed E-state index contributed by atoms with van der Waals surface area (Å²) in [5.41, 5.74) is 11.2. The van der Waals surface area contributed by atoms with E-state index in [0.29, 0.717) is 19.5 Å². The Morgan fingerprint density at radius 2 is 2.12 bits per heavy atom. The molecule has 2 N–H and O–H groups in total. The Labute approximate surface area is 142 Å². The molecule has 1 aliphatic heterocycles. The van der Waals surface area contributed by atoms with Crippen LogP contribution < -0.4 is 5.73 Å². The van der Waals surface area contributed by atoms with Crippen LogP contribution in [0.15, 0.2) is 30.7 Å². The highest BCUT2D eigenvalue weighted by atomic mass is 16.2. The molecule has 0 bridgehead atoms. The molecule has 1 saturated heterocycles. The minimum atomic E-state index is -0.0381. The van der Waals surface area contributed by atoms with Crippen LogP contribution in [0.1, 0.15) is 34.7 Å². The van der Waals surface area contributed by atoms with Crippen LogP contribution in [-0.4, -0.2) is 39.5 Å². The van der Waals surface area contributed by atoms with Crippen molar-refractivity contribution < 1.29 is 4.79 Å². The quantitative estimate of drug-likeness (QED) is 0.928. The van der Waals surface area contributed by atoms with Gasteiger partial charge in [-0.15, -0.1) is 0 Å². The Morgan fingerprint density at radius 3 is 2.92 bits per heavy atom.